The second kappa shape index (κ2) is 22.7. The Balaban J connectivity index is 1.15. The van der Waals surface area contributed by atoms with Crippen molar-refractivity contribution in [3.8, 4) is 11.1 Å². The van der Waals surface area contributed by atoms with Crippen LogP contribution in [-0.4, -0.2) is 8.07 Å². The van der Waals surface area contributed by atoms with Gasteiger partial charge in [-0.2, -0.15) is 0 Å². The zero-order chi connectivity index (χ0) is 64.9. The largest absolute Gasteiger partial charge is 0.455 e. The summed E-state index contributed by atoms with van der Waals surface area (Å²) in [5.41, 5.74) is 20.8. The molecule has 0 N–H and O–H groups in total. The van der Waals surface area contributed by atoms with Crippen LogP contribution >= 0.6 is 0 Å². The van der Waals surface area contributed by atoms with Crippen molar-refractivity contribution in [1.82, 2.24) is 0 Å². The lowest BCUT2D eigenvalue weighted by atomic mass is 9.67. The predicted molar refractivity (Wildman–Crippen MR) is 397 cm³/mol. The fourth-order valence-electron chi connectivity index (χ4n) is 14.4. The normalized spacial score (nSPS) is 14.6. The van der Waals surface area contributed by atoms with Crippen LogP contribution in [0.2, 0.25) is 6.55 Å². The van der Waals surface area contributed by atoms with Gasteiger partial charge in [0.15, 0.2) is 0 Å². The molecule has 0 fully saturated rings. The molecule has 12 aromatic rings. The highest BCUT2D eigenvalue weighted by Gasteiger charge is 2.50. The lowest BCUT2D eigenvalue weighted by Crippen LogP contribution is -2.64. The highest BCUT2D eigenvalue weighted by atomic mass is 28.3. The van der Waals surface area contributed by atoms with E-state index in [1.807, 2.05) is 0 Å². The number of hydrogen-bond acceptors (Lipinski definition) is 3. The van der Waals surface area contributed by atoms with Gasteiger partial charge in [0, 0.05) is 39.4 Å². The molecule has 462 valence electrons. The van der Waals surface area contributed by atoms with Gasteiger partial charge in [-0.25, -0.2) is 0 Å². The van der Waals surface area contributed by atoms with Crippen LogP contribution in [0.25, 0.3) is 33.1 Å². The summed E-state index contributed by atoms with van der Waals surface area (Å²) >= 11 is 0. The highest BCUT2D eigenvalue weighted by Crippen LogP contribution is 2.62. The maximum Gasteiger partial charge on any atom is 0.145 e. The molecule has 1 aliphatic carbocycles. The van der Waals surface area contributed by atoms with Crippen molar-refractivity contribution in [3.63, 3.8) is 0 Å². The minimum atomic E-state index is -2.69. The fourth-order valence-corrected chi connectivity index (χ4v) is 17.9. The number of fused-ring (bicyclic) bond motifs is 7. The molecule has 92 heavy (non-hydrogen) atoms. The first-order valence-corrected chi connectivity index (χ1v) is 35.6. The maximum absolute atomic E-state index is 7.55. The number of rotatable bonds is 11. The van der Waals surface area contributed by atoms with E-state index < -0.39 is 13.5 Å². The smallest absolute Gasteiger partial charge is 0.145 e. The second-order valence-corrected chi connectivity index (χ2v) is 35.2. The zero-order valence-electron chi connectivity index (χ0n) is 57.1. The molecule has 1 heterocycles. The first kappa shape index (κ1) is 61.9. The molecule has 0 amide bonds. The van der Waals surface area contributed by atoms with E-state index in [2.05, 4.69) is 375 Å². The molecule has 11 aromatic carbocycles. The Bertz CT molecular complexity index is 4580. The standard InChI is InChI=1S/C88H90N2OSi/c1-83(2,3)59-31-33-64(34-32-59)88(65-43-54-73(55-44-65)92(16,71-50-39-62(40-51-71)86(10,11)12)72-52-41-63(42-53-72)87(13,14)15)76-57-70(89(66-25-19-17-20-26-66)68-45-35-60(36-46-68)84(4,5)6)49-56-74(76)80-77(88)58-78(81-75-29-23-24-30-79(75)91-82(80)81)90(67-27-21-18-22-28-67)69-47-37-61(38-48-69)85(7,8)9/h17-58H,1-16H3. The summed E-state index contributed by atoms with van der Waals surface area (Å²) in [4.78, 5) is 4.92. The Labute approximate surface area is 549 Å². The lowest BCUT2D eigenvalue weighted by molar-refractivity contribution is 0.589. The molecule has 0 aliphatic heterocycles. The first-order valence-electron chi connectivity index (χ1n) is 33.1. The number of furan rings is 1. The molecule has 0 spiro atoms. The average molecular weight is 1220 g/mol. The van der Waals surface area contributed by atoms with Crippen molar-refractivity contribution in [2.75, 3.05) is 9.80 Å². The van der Waals surface area contributed by atoms with Crippen LogP contribution in [0.1, 0.15) is 154 Å². The monoisotopic (exact) mass is 1220 g/mol. The Morgan fingerprint density at radius 2 is 0.674 bits per heavy atom. The molecule has 4 heteroatoms. The predicted octanol–water partition coefficient (Wildman–Crippen LogP) is 22.5. The second-order valence-electron chi connectivity index (χ2n) is 31.2. The Morgan fingerprint density at radius 3 is 1.12 bits per heavy atom. The summed E-state index contributed by atoms with van der Waals surface area (Å²) in [5.74, 6) is 0. The quantitative estimate of drug-likeness (QED) is 0.0950. The van der Waals surface area contributed by atoms with E-state index in [-0.39, 0.29) is 27.1 Å². The van der Waals surface area contributed by atoms with Crippen molar-refractivity contribution in [2.24, 2.45) is 0 Å². The van der Waals surface area contributed by atoms with E-state index in [1.165, 1.54) is 65.6 Å². The van der Waals surface area contributed by atoms with E-state index in [9.17, 15) is 0 Å². The average Bonchev–Trinajstić information content (AvgIpc) is 1.50. The van der Waals surface area contributed by atoms with Gasteiger partial charge in [0.2, 0.25) is 0 Å². The van der Waals surface area contributed by atoms with Gasteiger partial charge in [0.25, 0.3) is 0 Å². The van der Waals surface area contributed by atoms with E-state index in [0.717, 1.165) is 67.2 Å². The fraction of sp³-hybridized carbons (Fsp3) is 0.250. The minimum Gasteiger partial charge on any atom is -0.455 e. The number of hydrogen-bond donors (Lipinski definition) is 0. The van der Waals surface area contributed by atoms with Gasteiger partial charge >= 0.3 is 0 Å². The van der Waals surface area contributed by atoms with Gasteiger partial charge in [0.05, 0.1) is 16.5 Å². The molecule has 13 rings (SSSR count). The van der Waals surface area contributed by atoms with Gasteiger partial charge in [-0.15, -0.1) is 0 Å². The van der Waals surface area contributed by atoms with Crippen molar-refractivity contribution in [1.29, 1.82) is 0 Å². The van der Waals surface area contributed by atoms with E-state index in [4.69, 9.17) is 4.42 Å². The molecule has 0 saturated carbocycles. The molecule has 1 atom stereocenters. The minimum absolute atomic E-state index is 0.00630. The molecule has 1 aliphatic rings. The molecule has 0 saturated heterocycles. The number of nitrogens with zero attached hydrogens (tertiary/aromatic N) is 2. The number of anilines is 6. The van der Waals surface area contributed by atoms with Gasteiger partial charge in [-0.05, 0) is 171 Å². The third kappa shape index (κ3) is 10.8. The van der Waals surface area contributed by atoms with Crippen molar-refractivity contribution >= 4 is 79.7 Å². The first-order chi connectivity index (χ1) is 43.6. The SMILES string of the molecule is CC(C)(C)c1ccc(N(c2ccccc2)c2ccc3c(c2)C(c2ccc(C(C)(C)C)cc2)(c2ccc([Si](C)(c4ccc(C(C)(C)C)cc4)c4ccc(C(C)(C)C)cc4)cc2)c2cc(N(c4ccccc4)c4ccc(C(C)(C)C)cc4)c4c(oc5ccccc54)c2-3)cc1. The van der Waals surface area contributed by atoms with Crippen molar-refractivity contribution in [2.45, 2.75) is 143 Å². The van der Waals surface area contributed by atoms with Crippen molar-refractivity contribution < 1.29 is 4.42 Å². The lowest BCUT2D eigenvalue weighted by Gasteiger charge is -2.37. The summed E-state index contributed by atoms with van der Waals surface area (Å²) in [7, 11) is -2.69. The van der Waals surface area contributed by atoms with E-state index in [1.54, 1.807) is 0 Å². The number of benzene rings is 11. The summed E-state index contributed by atoms with van der Waals surface area (Å²) in [6, 6.07) is 97.7. The number of para-hydroxylation sites is 3. The van der Waals surface area contributed by atoms with Crippen LogP contribution in [0, 0.1) is 0 Å². The Morgan fingerprint density at radius 1 is 0.326 bits per heavy atom. The summed E-state index contributed by atoms with van der Waals surface area (Å²) in [6.07, 6.45) is 0. The van der Waals surface area contributed by atoms with Gasteiger partial charge in [-0.3, -0.25) is 0 Å². The van der Waals surface area contributed by atoms with E-state index >= 15 is 0 Å². The summed E-state index contributed by atoms with van der Waals surface area (Å²) in [6.45, 7) is 37.1. The molecule has 0 radical (unpaired) electrons. The molecule has 1 aromatic heterocycles. The van der Waals surface area contributed by atoms with Crippen LogP contribution in [0.5, 0.6) is 0 Å². The van der Waals surface area contributed by atoms with Gasteiger partial charge in [-0.1, -0.05) is 292 Å². The highest BCUT2D eigenvalue weighted by molar-refractivity contribution is 7.10. The van der Waals surface area contributed by atoms with Crippen molar-refractivity contribution in [3.05, 3.63) is 305 Å². The Kier molecular flexibility index (Phi) is 15.3. The summed E-state index contributed by atoms with van der Waals surface area (Å²) in [5, 5.41) is 6.29. The third-order valence-corrected chi connectivity index (χ3v) is 24.4. The molecular formula is C88H90N2OSi. The van der Waals surface area contributed by atoms with Crippen LogP contribution in [0.15, 0.2) is 259 Å². The van der Waals surface area contributed by atoms with Gasteiger partial charge in [0.1, 0.15) is 19.2 Å². The molecule has 0 bridgehead atoms. The van der Waals surface area contributed by atoms with Gasteiger partial charge < -0.3 is 14.2 Å². The molecule has 1 unspecified atom stereocenters. The van der Waals surface area contributed by atoms with E-state index in [0.29, 0.717) is 0 Å². The van der Waals surface area contributed by atoms with Crippen LogP contribution in [0.4, 0.5) is 34.1 Å². The van der Waals surface area contributed by atoms with Crippen LogP contribution in [0.3, 0.4) is 0 Å². The molecule has 3 nitrogen and oxygen atoms in total. The Hall–Kier alpha value is -8.96. The molecular weight excluding hydrogens is 1130 g/mol. The summed E-state index contributed by atoms with van der Waals surface area (Å²) < 4.78 is 7.55. The van der Waals surface area contributed by atoms with Crippen LogP contribution < -0.4 is 25.4 Å². The van der Waals surface area contributed by atoms with Crippen LogP contribution in [-0.2, 0) is 32.5 Å². The zero-order valence-corrected chi connectivity index (χ0v) is 58.1. The third-order valence-electron chi connectivity index (χ3n) is 20.0. The maximum atomic E-state index is 7.55. The topological polar surface area (TPSA) is 19.6 Å².